The molecule has 0 atom stereocenters. The second-order valence-electron chi connectivity index (χ2n) is 7.56. The summed E-state index contributed by atoms with van der Waals surface area (Å²) in [6.07, 6.45) is 1.71. The monoisotopic (exact) mass is 427 g/mol. The van der Waals surface area contributed by atoms with Gasteiger partial charge in [-0.2, -0.15) is 5.10 Å². The van der Waals surface area contributed by atoms with Crippen molar-refractivity contribution in [1.82, 2.24) is 25.0 Å². The second kappa shape index (κ2) is 9.01. The van der Waals surface area contributed by atoms with E-state index in [1.165, 1.54) is 0 Å². The Labute approximate surface area is 186 Å². The van der Waals surface area contributed by atoms with E-state index in [4.69, 9.17) is 4.98 Å². The van der Waals surface area contributed by atoms with Crippen LogP contribution in [0.2, 0.25) is 0 Å². The number of aromatic nitrogens is 3. The lowest BCUT2D eigenvalue weighted by molar-refractivity contribution is 0.0786. The maximum Gasteiger partial charge on any atom is 0.254 e. The molecule has 0 aliphatic carbocycles. The van der Waals surface area contributed by atoms with Gasteiger partial charge in [0.05, 0.1) is 22.8 Å². The molecule has 0 aliphatic heterocycles. The van der Waals surface area contributed by atoms with E-state index in [9.17, 15) is 9.59 Å². The molecule has 4 rings (SSSR count). The molecule has 0 unspecified atom stereocenters. The van der Waals surface area contributed by atoms with Crippen LogP contribution in [0.1, 0.15) is 33.2 Å². The van der Waals surface area contributed by atoms with Gasteiger partial charge in [-0.15, -0.1) is 0 Å². The molecule has 2 aromatic heterocycles. The standard InChI is InChI=1S/C25H25N5O2/c1-4-30-23-21(15-27-30)20(14-22(28-23)18-8-6-5-7-9-18)25(32)29(3)16-17-10-12-19(13-11-17)24(31)26-2/h5-15H,4,16H2,1-3H3,(H,26,31). The van der Waals surface area contributed by atoms with Crippen LogP contribution >= 0.6 is 0 Å². The maximum atomic E-state index is 13.5. The molecule has 162 valence electrons. The zero-order valence-corrected chi connectivity index (χ0v) is 18.4. The van der Waals surface area contributed by atoms with Crippen LogP contribution in [-0.4, -0.2) is 45.6 Å². The lowest BCUT2D eigenvalue weighted by Gasteiger charge is -2.18. The number of carbonyl (C=O) groups excluding carboxylic acids is 2. The lowest BCUT2D eigenvalue weighted by atomic mass is 10.1. The van der Waals surface area contributed by atoms with Gasteiger partial charge in [-0.3, -0.25) is 9.59 Å². The Morgan fingerprint density at radius 3 is 2.44 bits per heavy atom. The third-order valence-corrected chi connectivity index (χ3v) is 5.42. The number of pyridine rings is 1. The molecule has 2 aromatic carbocycles. The van der Waals surface area contributed by atoms with Crippen molar-refractivity contribution in [3.8, 4) is 11.3 Å². The molecule has 0 radical (unpaired) electrons. The molecule has 7 nitrogen and oxygen atoms in total. The highest BCUT2D eigenvalue weighted by Crippen LogP contribution is 2.26. The van der Waals surface area contributed by atoms with Gasteiger partial charge in [0.25, 0.3) is 11.8 Å². The highest BCUT2D eigenvalue weighted by atomic mass is 16.2. The minimum absolute atomic E-state index is 0.111. The Kier molecular flexibility index (Phi) is 5.98. The molecule has 7 heteroatoms. The Hall–Kier alpha value is -4.00. The molecule has 32 heavy (non-hydrogen) atoms. The van der Waals surface area contributed by atoms with Crippen LogP contribution < -0.4 is 5.32 Å². The Morgan fingerprint density at radius 1 is 1.06 bits per heavy atom. The number of nitrogens with one attached hydrogen (secondary N) is 1. The van der Waals surface area contributed by atoms with Gasteiger partial charge < -0.3 is 10.2 Å². The van der Waals surface area contributed by atoms with Crippen LogP contribution in [0.4, 0.5) is 0 Å². The van der Waals surface area contributed by atoms with Gasteiger partial charge in [0, 0.05) is 38.3 Å². The van der Waals surface area contributed by atoms with E-state index in [-0.39, 0.29) is 11.8 Å². The number of benzene rings is 2. The van der Waals surface area contributed by atoms with Crippen molar-refractivity contribution in [2.24, 2.45) is 0 Å². The van der Waals surface area contributed by atoms with Crippen LogP contribution in [0.15, 0.2) is 66.9 Å². The first kappa shape index (κ1) is 21.2. The molecule has 4 aromatic rings. The van der Waals surface area contributed by atoms with Crippen molar-refractivity contribution in [3.05, 3.63) is 83.6 Å². The van der Waals surface area contributed by atoms with Crippen molar-refractivity contribution in [1.29, 1.82) is 0 Å². The van der Waals surface area contributed by atoms with Crippen LogP contribution in [0, 0.1) is 0 Å². The van der Waals surface area contributed by atoms with E-state index in [0.717, 1.165) is 22.2 Å². The lowest BCUT2D eigenvalue weighted by Crippen LogP contribution is -2.26. The number of aryl methyl sites for hydroxylation is 1. The number of carbonyl (C=O) groups is 2. The van der Waals surface area contributed by atoms with Crippen molar-refractivity contribution < 1.29 is 9.59 Å². The molecule has 2 heterocycles. The van der Waals surface area contributed by atoms with Crippen LogP contribution in [0.3, 0.4) is 0 Å². The van der Waals surface area contributed by atoms with Gasteiger partial charge >= 0.3 is 0 Å². The molecule has 0 fully saturated rings. The quantitative estimate of drug-likeness (QED) is 0.508. The fourth-order valence-corrected chi connectivity index (χ4v) is 3.67. The van der Waals surface area contributed by atoms with Gasteiger partial charge in [0.1, 0.15) is 0 Å². The Morgan fingerprint density at radius 2 is 1.78 bits per heavy atom. The van der Waals surface area contributed by atoms with Gasteiger partial charge in [0.2, 0.25) is 0 Å². The average Bonchev–Trinajstić information content (AvgIpc) is 3.26. The summed E-state index contributed by atoms with van der Waals surface area (Å²) < 4.78 is 1.80. The SMILES string of the molecule is CCn1ncc2c(C(=O)N(C)Cc3ccc(C(=O)NC)cc3)cc(-c3ccccc3)nc21. The number of fused-ring (bicyclic) bond motifs is 1. The van der Waals surface area contributed by atoms with E-state index < -0.39 is 0 Å². The number of nitrogens with zero attached hydrogens (tertiary/aromatic N) is 4. The summed E-state index contributed by atoms with van der Waals surface area (Å²) >= 11 is 0. The number of amides is 2. The summed E-state index contributed by atoms with van der Waals surface area (Å²) in [4.78, 5) is 31.7. The van der Waals surface area contributed by atoms with E-state index in [1.807, 2.05) is 55.5 Å². The minimum atomic E-state index is -0.137. The molecule has 0 spiro atoms. The molecule has 0 saturated carbocycles. The zero-order chi connectivity index (χ0) is 22.7. The van der Waals surface area contributed by atoms with E-state index in [2.05, 4.69) is 10.4 Å². The van der Waals surface area contributed by atoms with Crippen molar-refractivity contribution >= 4 is 22.8 Å². The summed E-state index contributed by atoms with van der Waals surface area (Å²) in [6, 6.07) is 18.9. The molecule has 1 N–H and O–H groups in total. The second-order valence-corrected chi connectivity index (χ2v) is 7.56. The van der Waals surface area contributed by atoms with E-state index in [0.29, 0.717) is 29.9 Å². The van der Waals surface area contributed by atoms with Gasteiger partial charge in [-0.1, -0.05) is 42.5 Å². The number of hydrogen-bond acceptors (Lipinski definition) is 4. The largest absolute Gasteiger partial charge is 0.355 e. The predicted molar refractivity (Wildman–Crippen MR) is 124 cm³/mol. The highest BCUT2D eigenvalue weighted by molar-refractivity contribution is 6.06. The first-order valence-corrected chi connectivity index (χ1v) is 10.5. The first-order chi connectivity index (χ1) is 15.5. The van der Waals surface area contributed by atoms with Gasteiger partial charge in [-0.05, 0) is 30.7 Å². The van der Waals surface area contributed by atoms with Crippen LogP contribution in [-0.2, 0) is 13.1 Å². The number of hydrogen-bond donors (Lipinski definition) is 1. The maximum absolute atomic E-state index is 13.5. The van der Waals surface area contributed by atoms with Crippen LogP contribution in [0.25, 0.3) is 22.3 Å². The fourth-order valence-electron chi connectivity index (χ4n) is 3.67. The smallest absolute Gasteiger partial charge is 0.254 e. The zero-order valence-electron chi connectivity index (χ0n) is 18.4. The minimum Gasteiger partial charge on any atom is -0.355 e. The number of rotatable bonds is 6. The molecule has 0 saturated heterocycles. The van der Waals surface area contributed by atoms with Gasteiger partial charge in [0.15, 0.2) is 5.65 Å². The fraction of sp³-hybridized carbons (Fsp3) is 0.200. The summed E-state index contributed by atoms with van der Waals surface area (Å²) in [5.41, 5.74) is 4.46. The van der Waals surface area contributed by atoms with E-state index >= 15 is 0 Å². The van der Waals surface area contributed by atoms with E-state index in [1.54, 1.807) is 42.0 Å². The van der Waals surface area contributed by atoms with Gasteiger partial charge in [-0.25, -0.2) is 9.67 Å². The van der Waals surface area contributed by atoms with Crippen molar-refractivity contribution in [2.45, 2.75) is 20.0 Å². The topological polar surface area (TPSA) is 80.1 Å². The Balaban J connectivity index is 1.68. The molecule has 0 aliphatic rings. The highest BCUT2D eigenvalue weighted by Gasteiger charge is 2.20. The summed E-state index contributed by atoms with van der Waals surface area (Å²) in [7, 11) is 3.37. The normalized spacial score (nSPS) is 10.8. The van der Waals surface area contributed by atoms with Crippen molar-refractivity contribution in [3.63, 3.8) is 0 Å². The third-order valence-electron chi connectivity index (χ3n) is 5.42. The molecule has 0 bridgehead atoms. The molecular weight excluding hydrogens is 402 g/mol. The van der Waals surface area contributed by atoms with Crippen molar-refractivity contribution in [2.75, 3.05) is 14.1 Å². The average molecular weight is 428 g/mol. The molecular formula is C25H25N5O2. The van der Waals surface area contributed by atoms with Crippen LogP contribution in [0.5, 0.6) is 0 Å². The summed E-state index contributed by atoms with van der Waals surface area (Å²) in [5.74, 6) is -0.248. The Bertz CT molecular complexity index is 1260. The first-order valence-electron chi connectivity index (χ1n) is 10.5. The summed E-state index contributed by atoms with van der Waals surface area (Å²) in [6.45, 7) is 3.08. The third kappa shape index (κ3) is 4.09. The summed E-state index contributed by atoms with van der Waals surface area (Å²) in [5, 5.41) is 7.76. The predicted octanol–water partition coefficient (Wildman–Crippen LogP) is 3.75. The molecule has 2 amide bonds.